The number of hydrogen-bond donors (Lipinski definition) is 4. The third-order valence-electron chi connectivity index (χ3n) is 1.85. The van der Waals surface area contributed by atoms with Crippen molar-refractivity contribution < 1.29 is 9.59 Å². The van der Waals surface area contributed by atoms with Crippen LogP contribution in [0, 0.1) is 0 Å². The van der Waals surface area contributed by atoms with Crippen molar-refractivity contribution in [2.45, 2.75) is 0 Å². The second-order valence-corrected chi connectivity index (χ2v) is 3.71. The van der Waals surface area contributed by atoms with Gasteiger partial charge in [0, 0.05) is 0 Å². The first-order valence-corrected chi connectivity index (χ1v) is 5.12. The molecule has 0 atom stereocenters. The van der Waals surface area contributed by atoms with Crippen LogP contribution in [0.4, 0.5) is 11.8 Å². The fourth-order valence-corrected chi connectivity index (χ4v) is 1.44. The number of nitrogens with zero attached hydrogens (tertiary/aromatic N) is 3. The molecule has 18 heavy (non-hydrogen) atoms. The molecule has 0 aliphatic heterocycles. The van der Waals surface area contributed by atoms with E-state index in [1.54, 1.807) is 0 Å². The normalized spacial score (nSPS) is 9.89. The van der Waals surface area contributed by atoms with Crippen molar-refractivity contribution in [3.05, 3.63) is 11.2 Å². The smallest absolute Gasteiger partial charge is 0.239 e. The summed E-state index contributed by atoms with van der Waals surface area (Å²) in [5.41, 5.74) is 12.4. The summed E-state index contributed by atoms with van der Waals surface area (Å²) < 4.78 is 0. The van der Waals surface area contributed by atoms with Gasteiger partial charge in [0.25, 0.3) is 0 Å². The van der Waals surface area contributed by atoms with Gasteiger partial charge in [0.15, 0.2) is 5.82 Å². The van der Waals surface area contributed by atoms with Crippen LogP contribution in [0.5, 0.6) is 0 Å². The predicted octanol–water partition coefficient (Wildman–Crippen LogP) is -1.81. The molecule has 0 radical (unpaired) electrons. The van der Waals surface area contributed by atoms with Crippen molar-refractivity contribution in [1.29, 1.82) is 0 Å². The van der Waals surface area contributed by atoms with Crippen molar-refractivity contribution in [3.8, 4) is 0 Å². The Morgan fingerprint density at radius 2 is 1.89 bits per heavy atom. The van der Waals surface area contributed by atoms with Crippen molar-refractivity contribution in [3.63, 3.8) is 0 Å². The lowest BCUT2D eigenvalue weighted by molar-refractivity contribution is -0.117. The van der Waals surface area contributed by atoms with Crippen LogP contribution < -0.4 is 27.6 Å². The molecule has 1 aromatic rings. The molecule has 0 aromatic carbocycles. The number of nitrogens with one attached hydrogen (secondary N) is 1. The summed E-state index contributed by atoms with van der Waals surface area (Å²) >= 11 is 5.88. The van der Waals surface area contributed by atoms with E-state index in [1.807, 2.05) is 0 Å². The number of hydrogen-bond acceptors (Lipinski definition) is 7. The molecule has 0 saturated carbocycles. The zero-order chi connectivity index (χ0) is 13.7. The number of nitrogen functional groups attached to an aromatic ring is 1. The minimum absolute atomic E-state index is 0.0772. The maximum atomic E-state index is 10.9. The standard InChI is InChI=1S/C8H12ClN7O2/c9-4-1-13-8(15-12)14-7(4)16(2-5(10)17)3-6(11)18/h1H,2-3,12H2,(H2,10,17)(H2,11,18)(H,13,14,15). The largest absolute Gasteiger partial charge is 0.368 e. The average molecular weight is 274 g/mol. The molecule has 0 aliphatic rings. The van der Waals surface area contributed by atoms with Crippen molar-refractivity contribution in [1.82, 2.24) is 9.97 Å². The summed E-state index contributed by atoms with van der Waals surface area (Å²) in [7, 11) is 0. The highest BCUT2D eigenvalue weighted by Gasteiger charge is 2.17. The fraction of sp³-hybridized carbons (Fsp3) is 0.250. The molecule has 0 fully saturated rings. The molecule has 1 rings (SSSR count). The zero-order valence-electron chi connectivity index (χ0n) is 9.26. The monoisotopic (exact) mass is 273 g/mol. The van der Waals surface area contributed by atoms with Gasteiger partial charge in [-0.15, -0.1) is 0 Å². The van der Waals surface area contributed by atoms with Gasteiger partial charge in [-0.05, 0) is 0 Å². The molecule has 0 spiro atoms. The Hall–Kier alpha value is -2.13. The van der Waals surface area contributed by atoms with Crippen molar-refractivity contribution >= 4 is 35.2 Å². The molecule has 0 saturated heterocycles. The van der Waals surface area contributed by atoms with Gasteiger partial charge < -0.3 is 16.4 Å². The summed E-state index contributed by atoms with van der Waals surface area (Å²) in [6, 6.07) is 0. The summed E-state index contributed by atoms with van der Waals surface area (Å²) in [6.07, 6.45) is 1.27. The maximum absolute atomic E-state index is 10.9. The van der Waals surface area contributed by atoms with Gasteiger partial charge in [0.1, 0.15) is 5.02 Å². The van der Waals surface area contributed by atoms with E-state index in [2.05, 4.69) is 15.4 Å². The average Bonchev–Trinajstić information content (AvgIpc) is 2.27. The molecule has 7 N–H and O–H groups in total. The Morgan fingerprint density at radius 3 is 2.33 bits per heavy atom. The van der Waals surface area contributed by atoms with Gasteiger partial charge >= 0.3 is 0 Å². The molecule has 10 heteroatoms. The molecule has 1 heterocycles. The Balaban J connectivity index is 3.09. The van der Waals surface area contributed by atoms with Crippen LogP contribution in [0.2, 0.25) is 5.02 Å². The van der Waals surface area contributed by atoms with Gasteiger partial charge in [-0.1, -0.05) is 11.6 Å². The van der Waals surface area contributed by atoms with Crippen LogP contribution in [0.3, 0.4) is 0 Å². The van der Waals surface area contributed by atoms with E-state index in [4.69, 9.17) is 28.9 Å². The molecule has 9 nitrogen and oxygen atoms in total. The van der Waals surface area contributed by atoms with Crippen LogP contribution >= 0.6 is 11.6 Å². The Labute approximate surface area is 107 Å². The molecule has 1 aromatic heterocycles. The summed E-state index contributed by atoms with van der Waals surface area (Å²) in [4.78, 5) is 30.8. The Morgan fingerprint density at radius 1 is 1.33 bits per heavy atom. The number of carbonyl (C=O) groups excluding carboxylic acids is 2. The van der Waals surface area contributed by atoms with Crippen LogP contribution in [0.15, 0.2) is 6.20 Å². The van der Waals surface area contributed by atoms with Crippen LogP contribution in [-0.4, -0.2) is 34.9 Å². The molecule has 98 valence electrons. The molecule has 0 unspecified atom stereocenters. The number of hydrazine groups is 1. The van der Waals surface area contributed by atoms with Crippen molar-refractivity contribution in [2.75, 3.05) is 23.4 Å². The van der Waals surface area contributed by atoms with Crippen molar-refractivity contribution in [2.24, 2.45) is 17.3 Å². The summed E-state index contributed by atoms with van der Waals surface area (Å²) in [5.74, 6) is 4.05. The topological polar surface area (TPSA) is 153 Å². The molecular weight excluding hydrogens is 262 g/mol. The summed E-state index contributed by atoms with van der Waals surface area (Å²) in [6.45, 7) is -0.520. The van der Waals surface area contributed by atoms with E-state index in [0.29, 0.717) is 0 Å². The lowest BCUT2D eigenvalue weighted by Gasteiger charge is -2.21. The number of halogens is 1. The molecular formula is C8H12ClN7O2. The number of carbonyl (C=O) groups is 2. The minimum atomic E-state index is -0.659. The maximum Gasteiger partial charge on any atom is 0.239 e. The van der Waals surface area contributed by atoms with E-state index in [0.717, 1.165) is 0 Å². The Bertz CT molecular complexity index is 451. The highest BCUT2D eigenvalue weighted by Crippen LogP contribution is 2.23. The van der Waals surface area contributed by atoms with Gasteiger partial charge in [-0.3, -0.25) is 15.0 Å². The molecule has 0 aliphatic carbocycles. The SMILES string of the molecule is NNc1ncc(Cl)c(N(CC(N)=O)CC(N)=O)n1. The number of nitrogens with two attached hydrogens (primary N) is 3. The van der Waals surface area contributed by atoms with Crippen LogP contribution in [-0.2, 0) is 9.59 Å². The lowest BCUT2D eigenvalue weighted by atomic mass is 10.4. The van der Waals surface area contributed by atoms with E-state index in [9.17, 15) is 9.59 Å². The second-order valence-electron chi connectivity index (χ2n) is 3.30. The quantitative estimate of drug-likeness (QED) is 0.352. The number of rotatable bonds is 6. The third-order valence-corrected chi connectivity index (χ3v) is 2.11. The first kappa shape index (κ1) is 13.9. The van der Waals surface area contributed by atoms with Crippen LogP contribution in [0.1, 0.15) is 0 Å². The van der Waals surface area contributed by atoms with E-state index in [1.165, 1.54) is 11.1 Å². The first-order chi connectivity index (χ1) is 8.43. The fourth-order valence-electron chi connectivity index (χ4n) is 1.23. The van der Waals surface area contributed by atoms with Gasteiger partial charge in [-0.25, -0.2) is 10.8 Å². The van der Waals surface area contributed by atoms with E-state index < -0.39 is 11.8 Å². The highest BCUT2D eigenvalue weighted by molar-refractivity contribution is 6.32. The first-order valence-electron chi connectivity index (χ1n) is 4.74. The molecule has 0 bridgehead atoms. The minimum Gasteiger partial charge on any atom is -0.368 e. The number of anilines is 2. The number of aromatic nitrogens is 2. The van der Waals surface area contributed by atoms with E-state index >= 15 is 0 Å². The van der Waals surface area contributed by atoms with Crippen LogP contribution in [0.25, 0.3) is 0 Å². The van der Waals surface area contributed by atoms with Gasteiger partial charge in [0.2, 0.25) is 17.8 Å². The lowest BCUT2D eigenvalue weighted by Crippen LogP contribution is -2.40. The van der Waals surface area contributed by atoms with Gasteiger partial charge in [0.05, 0.1) is 19.3 Å². The number of primary amides is 2. The zero-order valence-corrected chi connectivity index (χ0v) is 10.0. The number of amides is 2. The molecule has 2 amide bonds. The highest BCUT2D eigenvalue weighted by atomic mass is 35.5. The third kappa shape index (κ3) is 3.71. The predicted molar refractivity (Wildman–Crippen MR) is 65.5 cm³/mol. The van der Waals surface area contributed by atoms with Gasteiger partial charge in [-0.2, -0.15) is 4.98 Å². The van der Waals surface area contributed by atoms with E-state index in [-0.39, 0.29) is 29.9 Å². The Kier molecular flexibility index (Phi) is 4.63. The second kappa shape index (κ2) is 5.98. The summed E-state index contributed by atoms with van der Waals surface area (Å²) in [5, 5.41) is 0.136.